The molecule has 0 fully saturated rings. The maximum absolute atomic E-state index is 11.0. The second kappa shape index (κ2) is 6.66. The fraction of sp³-hybridized carbons (Fsp3) is 0.583. The second-order valence-corrected chi connectivity index (χ2v) is 5.01. The van der Waals surface area contributed by atoms with Gasteiger partial charge in [-0.1, -0.05) is 13.3 Å². The number of carbonyl (C=O) groups is 1. The Morgan fingerprint density at radius 1 is 1.56 bits per heavy atom. The number of anilines is 1. The Kier molecular flexibility index (Phi) is 5.49. The monoisotopic (exact) mass is 240 g/mol. The van der Waals surface area contributed by atoms with E-state index in [-0.39, 0.29) is 5.91 Å². The largest absolute Gasteiger partial charge is 0.325 e. The molecular formula is C12H20N2OS. The van der Waals surface area contributed by atoms with Crippen molar-refractivity contribution in [3.63, 3.8) is 0 Å². The van der Waals surface area contributed by atoms with Crippen LogP contribution in [0, 0.1) is 0 Å². The number of rotatable bonds is 6. The molecule has 1 heterocycles. The normalized spacial score (nSPS) is 12.4. The molecule has 0 saturated carbocycles. The van der Waals surface area contributed by atoms with Gasteiger partial charge in [0, 0.05) is 24.4 Å². The lowest BCUT2D eigenvalue weighted by molar-refractivity contribution is -0.114. The summed E-state index contributed by atoms with van der Waals surface area (Å²) in [6.45, 7) is 6.74. The molecule has 16 heavy (non-hydrogen) atoms. The summed E-state index contributed by atoms with van der Waals surface area (Å²) >= 11 is 1.67. The van der Waals surface area contributed by atoms with Gasteiger partial charge in [0.1, 0.15) is 0 Å². The summed E-state index contributed by atoms with van der Waals surface area (Å²) in [7, 11) is 0. The highest BCUT2D eigenvalue weighted by Crippen LogP contribution is 2.22. The average Bonchev–Trinajstić information content (AvgIpc) is 2.62. The van der Waals surface area contributed by atoms with Crippen molar-refractivity contribution in [3.05, 3.63) is 16.3 Å². The molecule has 0 spiro atoms. The maximum Gasteiger partial charge on any atom is 0.221 e. The Morgan fingerprint density at radius 3 is 2.94 bits per heavy atom. The lowest BCUT2D eigenvalue weighted by Gasteiger charge is -2.12. The van der Waals surface area contributed by atoms with Gasteiger partial charge in [0.25, 0.3) is 0 Å². The van der Waals surface area contributed by atoms with Crippen LogP contribution in [0.15, 0.2) is 11.4 Å². The molecule has 1 amide bonds. The number of thiophene rings is 1. The molecule has 0 aliphatic heterocycles. The van der Waals surface area contributed by atoms with Crippen molar-refractivity contribution in [2.24, 2.45) is 0 Å². The highest BCUT2D eigenvalue weighted by atomic mass is 32.1. The van der Waals surface area contributed by atoms with E-state index in [1.807, 2.05) is 11.4 Å². The van der Waals surface area contributed by atoms with Crippen LogP contribution in [0.3, 0.4) is 0 Å². The second-order valence-electron chi connectivity index (χ2n) is 4.01. The number of carbonyl (C=O) groups excluding carboxylic acids is 1. The zero-order valence-corrected chi connectivity index (χ0v) is 11.0. The first kappa shape index (κ1) is 13.2. The fourth-order valence-corrected chi connectivity index (χ4v) is 2.36. The molecule has 0 aromatic carbocycles. The van der Waals surface area contributed by atoms with Gasteiger partial charge in [0.15, 0.2) is 0 Å². The topological polar surface area (TPSA) is 41.1 Å². The maximum atomic E-state index is 11.0. The summed E-state index contributed by atoms with van der Waals surface area (Å²) in [6.07, 6.45) is 2.37. The van der Waals surface area contributed by atoms with Crippen LogP contribution < -0.4 is 10.6 Å². The molecule has 1 rings (SSSR count). The van der Waals surface area contributed by atoms with Crippen LogP contribution in [0.2, 0.25) is 0 Å². The molecule has 3 nitrogen and oxygen atoms in total. The quantitative estimate of drug-likeness (QED) is 0.802. The Balaban J connectivity index is 2.47. The molecule has 0 radical (unpaired) electrons. The van der Waals surface area contributed by atoms with E-state index in [0.717, 1.165) is 12.2 Å². The molecular weight excluding hydrogens is 220 g/mol. The Morgan fingerprint density at radius 2 is 2.31 bits per heavy atom. The molecule has 1 aromatic heterocycles. The number of hydrogen-bond donors (Lipinski definition) is 2. The van der Waals surface area contributed by atoms with Crippen LogP contribution in [0.1, 0.15) is 38.5 Å². The van der Waals surface area contributed by atoms with Gasteiger partial charge < -0.3 is 10.6 Å². The summed E-state index contributed by atoms with van der Waals surface area (Å²) in [5, 5.41) is 8.31. The first-order valence-electron chi connectivity index (χ1n) is 5.70. The predicted octanol–water partition coefficient (Wildman–Crippen LogP) is 2.98. The molecule has 0 saturated heterocycles. The molecule has 4 heteroatoms. The summed E-state index contributed by atoms with van der Waals surface area (Å²) in [5.41, 5.74) is 0.939. The molecule has 2 N–H and O–H groups in total. The van der Waals surface area contributed by atoms with E-state index >= 15 is 0 Å². The van der Waals surface area contributed by atoms with Gasteiger partial charge >= 0.3 is 0 Å². The first-order valence-corrected chi connectivity index (χ1v) is 6.58. The van der Waals surface area contributed by atoms with Crippen LogP contribution in [0.25, 0.3) is 0 Å². The van der Waals surface area contributed by atoms with Crippen molar-refractivity contribution < 1.29 is 4.79 Å². The highest BCUT2D eigenvalue weighted by Gasteiger charge is 2.07. The van der Waals surface area contributed by atoms with Crippen LogP contribution in [0.4, 0.5) is 5.69 Å². The van der Waals surface area contributed by atoms with Crippen molar-refractivity contribution >= 4 is 22.9 Å². The summed E-state index contributed by atoms with van der Waals surface area (Å²) < 4.78 is 0. The zero-order valence-electron chi connectivity index (χ0n) is 10.2. The molecule has 0 bridgehead atoms. The zero-order chi connectivity index (χ0) is 12.0. The van der Waals surface area contributed by atoms with Crippen molar-refractivity contribution in [1.29, 1.82) is 0 Å². The van der Waals surface area contributed by atoms with Gasteiger partial charge in [-0.05, 0) is 24.8 Å². The molecule has 90 valence electrons. The summed E-state index contributed by atoms with van der Waals surface area (Å²) in [5.74, 6) is -0.0127. The lowest BCUT2D eigenvalue weighted by atomic mass is 10.2. The van der Waals surface area contributed by atoms with E-state index in [9.17, 15) is 4.79 Å². The molecule has 0 aliphatic rings. The minimum absolute atomic E-state index is 0.0127. The third-order valence-electron chi connectivity index (χ3n) is 2.39. The van der Waals surface area contributed by atoms with Gasteiger partial charge in [-0.3, -0.25) is 4.79 Å². The number of hydrogen-bond acceptors (Lipinski definition) is 3. The average molecular weight is 240 g/mol. The Bertz CT molecular complexity index is 336. The van der Waals surface area contributed by atoms with Crippen LogP contribution >= 0.6 is 11.3 Å². The van der Waals surface area contributed by atoms with Crippen LogP contribution in [0.5, 0.6) is 0 Å². The molecule has 0 aliphatic carbocycles. The van der Waals surface area contributed by atoms with Crippen LogP contribution in [-0.2, 0) is 11.3 Å². The van der Waals surface area contributed by atoms with Crippen LogP contribution in [-0.4, -0.2) is 11.9 Å². The van der Waals surface area contributed by atoms with Gasteiger partial charge in [0.05, 0.1) is 5.69 Å². The van der Waals surface area contributed by atoms with Gasteiger partial charge in [-0.15, -0.1) is 11.3 Å². The van der Waals surface area contributed by atoms with E-state index in [1.165, 1.54) is 24.6 Å². The van der Waals surface area contributed by atoms with Crippen molar-refractivity contribution in [3.8, 4) is 0 Å². The van der Waals surface area contributed by atoms with E-state index in [0.29, 0.717) is 6.04 Å². The molecule has 1 aromatic rings. The summed E-state index contributed by atoms with van der Waals surface area (Å²) in [4.78, 5) is 12.2. The summed E-state index contributed by atoms with van der Waals surface area (Å²) in [6, 6.07) is 2.48. The van der Waals surface area contributed by atoms with Gasteiger partial charge in [-0.25, -0.2) is 0 Å². The minimum atomic E-state index is -0.0127. The van der Waals surface area contributed by atoms with Gasteiger partial charge in [0.2, 0.25) is 5.91 Å². The number of nitrogens with one attached hydrogen (secondary N) is 2. The number of amides is 1. The van der Waals surface area contributed by atoms with Crippen molar-refractivity contribution in [1.82, 2.24) is 5.32 Å². The molecule has 1 unspecified atom stereocenters. The minimum Gasteiger partial charge on any atom is -0.325 e. The SMILES string of the molecule is CCCC(C)NCc1sccc1NC(C)=O. The van der Waals surface area contributed by atoms with E-state index in [1.54, 1.807) is 11.3 Å². The van der Waals surface area contributed by atoms with Crippen molar-refractivity contribution in [2.45, 2.75) is 46.2 Å². The van der Waals surface area contributed by atoms with E-state index < -0.39 is 0 Å². The van der Waals surface area contributed by atoms with Crippen molar-refractivity contribution in [2.75, 3.05) is 5.32 Å². The standard InChI is InChI=1S/C12H20N2OS/c1-4-5-9(2)13-8-12-11(6-7-16-12)14-10(3)15/h6-7,9,13H,4-5,8H2,1-3H3,(H,14,15). The first-order chi connectivity index (χ1) is 7.63. The van der Waals surface area contributed by atoms with Gasteiger partial charge in [-0.2, -0.15) is 0 Å². The Labute approximate surface area is 101 Å². The third-order valence-corrected chi connectivity index (χ3v) is 3.31. The Hall–Kier alpha value is -0.870. The predicted molar refractivity (Wildman–Crippen MR) is 69.8 cm³/mol. The van der Waals surface area contributed by atoms with E-state index in [2.05, 4.69) is 24.5 Å². The molecule has 1 atom stereocenters. The van der Waals surface area contributed by atoms with E-state index in [4.69, 9.17) is 0 Å². The lowest BCUT2D eigenvalue weighted by Crippen LogP contribution is -2.25. The third kappa shape index (κ3) is 4.33. The highest BCUT2D eigenvalue weighted by molar-refractivity contribution is 7.10. The fourth-order valence-electron chi connectivity index (χ4n) is 1.58. The smallest absolute Gasteiger partial charge is 0.221 e.